The molecular formula is C32H33FN2O6S. The number of aliphatic hydroxyl groups is 1. The van der Waals surface area contributed by atoms with E-state index >= 15 is 0 Å². The number of halogens is 1. The average Bonchev–Trinajstić information content (AvgIpc) is 3.65. The number of amides is 1. The quantitative estimate of drug-likeness (QED) is 0.369. The first-order valence-corrected chi connectivity index (χ1v) is 15.1. The Bertz CT molecular complexity index is 1500. The number of rotatable bonds is 9. The maximum atomic E-state index is 14.0. The third-order valence-corrected chi connectivity index (χ3v) is 10.2. The van der Waals surface area contributed by atoms with Gasteiger partial charge in [0.1, 0.15) is 11.9 Å². The van der Waals surface area contributed by atoms with Gasteiger partial charge in [0.2, 0.25) is 5.91 Å². The topological polar surface area (TPSA) is 119 Å². The first kappa shape index (κ1) is 28.8. The van der Waals surface area contributed by atoms with Gasteiger partial charge in [0.25, 0.3) is 0 Å². The zero-order valence-corrected chi connectivity index (χ0v) is 24.1. The molecule has 3 N–H and O–H groups in total. The van der Waals surface area contributed by atoms with Crippen LogP contribution in [-0.4, -0.2) is 63.3 Å². The molecule has 2 aromatic carbocycles. The van der Waals surface area contributed by atoms with E-state index in [2.05, 4.69) is 5.32 Å². The molecule has 7 unspecified atom stereocenters. The number of aliphatic carboxylic acids is 1. The second-order valence-corrected chi connectivity index (χ2v) is 13.0. The summed E-state index contributed by atoms with van der Waals surface area (Å²) in [6, 6.07) is 13.3. The van der Waals surface area contributed by atoms with Gasteiger partial charge in [-0.1, -0.05) is 37.3 Å². The lowest BCUT2D eigenvalue weighted by Gasteiger charge is -2.29. The molecule has 2 bridgehead atoms. The molecule has 2 aliphatic carbocycles. The zero-order chi connectivity index (χ0) is 29.7. The van der Waals surface area contributed by atoms with Crippen LogP contribution in [0.25, 0.3) is 0 Å². The number of nitrogens with zero attached hydrogens (tertiary/aromatic N) is 1. The van der Waals surface area contributed by atoms with Crippen molar-refractivity contribution in [3.05, 3.63) is 87.6 Å². The van der Waals surface area contributed by atoms with Crippen LogP contribution >= 0.6 is 11.8 Å². The van der Waals surface area contributed by atoms with Crippen molar-refractivity contribution in [2.75, 3.05) is 18.5 Å². The van der Waals surface area contributed by atoms with Gasteiger partial charge in [-0.25, -0.2) is 9.18 Å². The second kappa shape index (κ2) is 11.4. The number of thioether (sulfide) groups is 1. The molecule has 8 nitrogen and oxygen atoms in total. The van der Waals surface area contributed by atoms with Crippen LogP contribution in [0.2, 0.25) is 0 Å². The summed E-state index contributed by atoms with van der Waals surface area (Å²) in [6.45, 7) is 4.94. The van der Waals surface area contributed by atoms with E-state index in [-0.39, 0.29) is 51.8 Å². The number of Topliss-reactive ketones (excluding diaryl/α,β-unsaturated/α-hetero) is 1. The van der Waals surface area contributed by atoms with Crippen molar-refractivity contribution >= 4 is 35.1 Å². The maximum absolute atomic E-state index is 14.0. The summed E-state index contributed by atoms with van der Waals surface area (Å²) in [5, 5.41) is 23.4. The van der Waals surface area contributed by atoms with Crippen molar-refractivity contribution in [1.82, 2.24) is 4.90 Å². The van der Waals surface area contributed by atoms with E-state index in [9.17, 15) is 29.0 Å². The molecule has 10 heteroatoms. The molecule has 220 valence electrons. The van der Waals surface area contributed by atoms with Crippen molar-refractivity contribution in [2.45, 2.75) is 50.3 Å². The van der Waals surface area contributed by atoms with Crippen LogP contribution in [0.3, 0.4) is 0 Å². The molecule has 2 aromatic rings. The van der Waals surface area contributed by atoms with Gasteiger partial charge in [-0.3, -0.25) is 14.5 Å². The van der Waals surface area contributed by atoms with Crippen molar-refractivity contribution in [2.24, 2.45) is 17.8 Å². The fourth-order valence-corrected chi connectivity index (χ4v) is 8.17. The lowest BCUT2D eigenvalue weighted by molar-refractivity contribution is -0.133. The second-order valence-electron chi connectivity index (χ2n) is 11.6. The molecule has 2 aliphatic heterocycles. The van der Waals surface area contributed by atoms with Gasteiger partial charge in [-0.15, -0.1) is 11.8 Å². The van der Waals surface area contributed by atoms with Crippen LogP contribution in [0, 0.1) is 23.6 Å². The van der Waals surface area contributed by atoms with E-state index in [1.165, 1.54) is 23.9 Å². The number of allylic oxidation sites excluding steroid dienone is 2. The number of fused-ring (bicyclic) bond motifs is 1. The van der Waals surface area contributed by atoms with Crippen LogP contribution in [0.4, 0.5) is 10.1 Å². The smallest absolute Gasteiger partial charge is 0.337 e. The number of likely N-dealkylation sites (tertiary alicyclic amines) is 1. The van der Waals surface area contributed by atoms with E-state index in [1.54, 1.807) is 19.1 Å². The lowest BCUT2D eigenvalue weighted by atomic mass is 9.81. The van der Waals surface area contributed by atoms with Crippen LogP contribution < -0.4 is 5.32 Å². The van der Waals surface area contributed by atoms with Crippen LogP contribution in [0.15, 0.2) is 70.7 Å². The minimum atomic E-state index is -1.17. The van der Waals surface area contributed by atoms with E-state index in [0.717, 1.165) is 11.1 Å². The number of carbonyl (C=O) groups excluding carboxylic acids is 2. The van der Waals surface area contributed by atoms with Crippen LogP contribution in [0.1, 0.15) is 37.5 Å². The molecule has 1 amide bonds. The normalized spacial score (nSPS) is 29.4. The molecule has 6 rings (SSSR count). The fourth-order valence-electron chi connectivity index (χ4n) is 6.58. The highest BCUT2D eigenvalue weighted by Crippen LogP contribution is 2.51. The van der Waals surface area contributed by atoms with Crippen molar-refractivity contribution in [1.29, 1.82) is 0 Å². The fraction of sp³-hybridized carbons (Fsp3) is 0.406. The molecule has 2 heterocycles. The number of epoxide rings is 1. The minimum absolute atomic E-state index is 0.000548. The van der Waals surface area contributed by atoms with E-state index in [1.807, 2.05) is 42.2 Å². The highest BCUT2D eigenvalue weighted by Gasteiger charge is 2.50. The number of carboxylic acid groups (broad SMARTS) is 1. The summed E-state index contributed by atoms with van der Waals surface area (Å²) in [6.07, 6.45) is 1.31. The highest BCUT2D eigenvalue weighted by molar-refractivity contribution is 8.03. The predicted octanol–water partition coefficient (Wildman–Crippen LogP) is 4.32. The average molecular weight is 593 g/mol. The number of ether oxygens (including phenoxy) is 1. The highest BCUT2D eigenvalue weighted by atomic mass is 32.2. The molecular weight excluding hydrogens is 559 g/mol. The lowest BCUT2D eigenvalue weighted by Crippen LogP contribution is -2.39. The molecule has 4 aliphatic rings. The summed E-state index contributed by atoms with van der Waals surface area (Å²) < 4.78 is 19.4. The van der Waals surface area contributed by atoms with Gasteiger partial charge in [-0.05, 0) is 60.6 Å². The van der Waals surface area contributed by atoms with E-state index in [0.29, 0.717) is 36.7 Å². The summed E-state index contributed by atoms with van der Waals surface area (Å²) in [7, 11) is 0. The number of benzene rings is 2. The maximum Gasteiger partial charge on any atom is 0.337 e. The third kappa shape index (κ3) is 5.56. The van der Waals surface area contributed by atoms with Gasteiger partial charge in [0, 0.05) is 34.5 Å². The van der Waals surface area contributed by atoms with E-state index < -0.39 is 24.0 Å². The summed E-state index contributed by atoms with van der Waals surface area (Å²) >= 11 is 1.41. The number of hydrogen-bond acceptors (Lipinski definition) is 7. The molecule has 7 atom stereocenters. The number of hydrogen-bond donors (Lipinski definition) is 3. The Morgan fingerprint density at radius 3 is 2.67 bits per heavy atom. The number of ketones is 1. The first-order valence-electron chi connectivity index (χ1n) is 14.2. The number of aliphatic hydroxyl groups excluding tert-OH is 1. The van der Waals surface area contributed by atoms with Crippen LogP contribution in [-0.2, 0) is 25.7 Å². The van der Waals surface area contributed by atoms with Crippen molar-refractivity contribution in [3.8, 4) is 0 Å². The molecule has 0 saturated carbocycles. The van der Waals surface area contributed by atoms with E-state index in [4.69, 9.17) is 4.74 Å². The largest absolute Gasteiger partial charge is 0.478 e. The Balaban J connectivity index is 1.26. The minimum Gasteiger partial charge on any atom is -0.478 e. The zero-order valence-electron chi connectivity index (χ0n) is 23.3. The summed E-state index contributed by atoms with van der Waals surface area (Å²) in [5.41, 5.74) is 2.56. The molecule has 0 spiro atoms. The Hall–Kier alpha value is -3.31. The summed E-state index contributed by atoms with van der Waals surface area (Å²) in [5.74, 6) is -3.30. The molecule has 0 radical (unpaired) electrons. The molecule has 42 heavy (non-hydrogen) atoms. The number of nitrogens with one attached hydrogen (secondary N) is 1. The number of anilines is 1. The number of carbonyl (C=O) groups is 3. The predicted molar refractivity (Wildman–Crippen MR) is 156 cm³/mol. The summed E-state index contributed by atoms with van der Waals surface area (Å²) in [4.78, 5) is 41.8. The first-order chi connectivity index (χ1) is 20.1. The van der Waals surface area contributed by atoms with Gasteiger partial charge in [-0.2, -0.15) is 0 Å². The molecule has 2 fully saturated rings. The Morgan fingerprint density at radius 1 is 1.21 bits per heavy atom. The Kier molecular flexibility index (Phi) is 7.82. The number of carboxylic acids is 1. The van der Waals surface area contributed by atoms with Gasteiger partial charge >= 0.3 is 5.97 Å². The van der Waals surface area contributed by atoms with Gasteiger partial charge in [0.05, 0.1) is 30.2 Å². The Morgan fingerprint density at radius 2 is 1.98 bits per heavy atom. The van der Waals surface area contributed by atoms with Crippen molar-refractivity contribution in [3.63, 3.8) is 0 Å². The monoisotopic (exact) mass is 592 g/mol. The standard InChI is InChI=1S/C32H33FN2O6S/c1-16-23-12-24(29(37)27(23)17(2)36)28(32(39)40)30(16)42-22-11-25(35(14-22)13-18-5-3-7-20(33)9-18)31(38)34-21-8-4-6-19(10-21)26-15-41-26/h3-10,12,16-17,22-23,25-27,36H,11,13-15H2,1-2H3,(H,34,38)(H,39,40). The van der Waals surface area contributed by atoms with Crippen LogP contribution in [0.5, 0.6) is 0 Å². The SMILES string of the molecule is CC(O)C1C(=O)C2=CC1C(C)C(SC1CC(C(=O)Nc3cccc(C4CO4)c3)N(Cc3cccc(F)c3)C1)=C2C(=O)O. The van der Waals surface area contributed by atoms with Gasteiger partial charge < -0.3 is 20.3 Å². The molecule has 0 aromatic heterocycles. The molecule has 2 saturated heterocycles. The third-order valence-electron chi connectivity index (χ3n) is 8.68. The van der Waals surface area contributed by atoms with Gasteiger partial charge in [0.15, 0.2) is 5.78 Å². The van der Waals surface area contributed by atoms with Crippen molar-refractivity contribution < 1.29 is 33.7 Å². The Labute approximate surface area is 247 Å².